The highest BCUT2D eigenvalue weighted by Gasteiger charge is 2.56. The third-order valence-electron chi connectivity index (χ3n) is 12.7. The van der Waals surface area contributed by atoms with Crippen molar-refractivity contribution in [1.82, 2.24) is 4.90 Å². The minimum absolute atomic E-state index is 0.0733. The molecule has 0 aromatic carbocycles. The summed E-state index contributed by atoms with van der Waals surface area (Å²) in [5.41, 5.74) is 1.08. The van der Waals surface area contributed by atoms with Crippen molar-refractivity contribution in [3.63, 3.8) is 0 Å². The molecule has 0 aliphatic carbocycles. The quantitative estimate of drug-likeness (QED) is 0.146. The van der Waals surface area contributed by atoms with Gasteiger partial charge in [-0.05, 0) is 89.3 Å². The number of piperidine rings is 1. The molecule has 13 heteroatoms. The summed E-state index contributed by atoms with van der Waals surface area (Å²) in [5, 5.41) is 23.6. The second kappa shape index (κ2) is 19.0. The number of ether oxygens (including phenoxy) is 4. The number of nitrogens with zero attached hydrogens (tertiary/aromatic N) is 1. The maximum absolute atomic E-state index is 14.1. The van der Waals surface area contributed by atoms with Gasteiger partial charge >= 0.3 is 5.97 Å². The van der Waals surface area contributed by atoms with Gasteiger partial charge in [0.25, 0.3) is 11.7 Å². The zero-order valence-electron chi connectivity index (χ0n) is 35.3. The van der Waals surface area contributed by atoms with E-state index in [1.54, 1.807) is 14.0 Å². The van der Waals surface area contributed by atoms with Crippen molar-refractivity contribution < 1.29 is 52.8 Å². The van der Waals surface area contributed by atoms with Crippen molar-refractivity contribution in [1.29, 1.82) is 0 Å². The SMILES string of the molecule is CC[C@@H]1/C=C(\C)C[C@H](C)C[C@H](OC)[C@H]2O[C@@](O)(C(=O)C(=O)N3CCCC[C@H]3C(=O)O[C@H](C(C)=O)[C@H](C)[C@@H](O[Si](C)(C)C(C)(C)C)C[C@H]1O)[C@H](C)C[C@@H]2OC. The van der Waals surface area contributed by atoms with Gasteiger partial charge in [0, 0.05) is 38.5 Å². The second-order valence-electron chi connectivity index (χ2n) is 18.0. The lowest BCUT2D eigenvalue weighted by Crippen LogP contribution is -2.64. The minimum atomic E-state index is -2.49. The highest BCUT2D eigenvalue weighted by Crippen LogP contribution is 2.41. The lowest BCUT2D eigenvalue weighted by atomic mass is 9.82. The van der Waals surface area contributed by atoms with Crippen LogP contribution in [0.25, 0.3) is 0 Å². The molecule has 0 radical (unpaired) electrons. The lowest BCUT2D eigenvalue weighted by Gasteiger charge is -2.47. The number of amides is 1. The molecule has 2 N–H and O–H groups in total. The van der Waals surface area contributed by atoms with E-state index >= 15 is 0 Å². The van der Waals surface area contributed by atoms with Gasteiger partial charge in [0.2, 0.25) is 5.79 Å². The molecule has 2 bridgehead atoms. The van der Waals surface area contributed by atoms with Crippen molar-refractivity contribution in [2.24, 2.45) is 23.7 Å². The third kappa shape index (κ3) is 10.7. The number of fused-ring (bicyclic) bond motifs is 3. The average molecular weight is 782 g/mol. The van der Waals surface area contributed by atoms with Gasteiger partial charge in [-0.15, -0.1) is 0 Å². The molecule has 2 saturated heterocycles. The second-order valence-corrected chi connectivity index (χ2v) is 22.7. The Kier molecular flexibility index (Phi) is 16.3. The number of cyclic esters (lactones) is 1. The first-order valence-electron chi connectivity index (χ1n) is 20.1. The topological polar surface area (TPSA) is 158 Å². The molecular formula is C41H71NO11Si. The fraction of sp³-hybridized carbons (Fsp3) is 0.854. The predicted molar refractivity (Wildman–Crippen MR) is 208 cm³/mol. The van der Waals surface area contributed by atoms with E-state index in [0.717, 1.165) is 10.5 Å². The number of methoxy groups -OCH3 is 2. The summed E-state index contributed by atoms with van der Waals surface area (Å²) < 4.78 is 30.9. The molecule has 12 nitrogen and oxygen atoms in total. The molecule has 3 aliphatic rings. The van der Waals surface area contributed by atoms with E-state index in [2.05, 4.69) is 46.9 Å². The zero-order valence-corrected chi connectivity index (χ0v) is 36.3. The molecule has 310 valence electrons. The molecule has 12 atom stereocenters. The third-order valence-corrected chi connectivity index (χ3v) is 17.2. The molecule has 0 unspecified atom stereocenters. The number of aliphatic hydroxyl groups is 2. The number of Topliss-reactive ketones (excluding diaryl/α,β-unsaturated/α-hetero) is 2. The molecular weight excluding hydrogens is 711 g/mol. The molecule has 0 aromatic heterocycles. The van der Waals surface area contributed by atoms with Crippen LogP contribution in [0.2, 0.25) is 18.1 Å². The van der Waals surface area contributed by atoms with Crippen molar-refractivity contribution in [2.75, 3.05) is 20.8 Å². The summed E-state index contributed by atoms with van der Waals surface area (Å²) in [7, 11) is 0.626. The number of rotatable bonds is 6. The van der Waals surface area contributed by atoms with E-state index in [-0.39, 0.29) is 48.5 Å². The van der Waals surface area contributed by atoms with Crippen LogP contribution in [-0.4, -0.2) is 116 Å². The Hall–Kier alpha value is -2.00. The van der Waals surface area contributed by atoms with Gasteiger partial charge in [-0.1, -0.05) is 60.1 Å². The zero-order chi connectivity index (χ0) is 40.9. The average Bonchev–Trinajstić information content (AvgIpc) is 3.10. The Morgan fingerprint density at radius 2 is 1.63 bits per heavy atom. The fourth-order valence-corrected chi connectivity index (χ4v) is 9.62. The van der Waals surface area contributed by atoms with Gasteiger partial charge in [0.05, 0.1) is 24.4 Å². The summed E-state index contributed by atoms with van der Waals surface area (Å²) in [6.07, 6.45) is 1.10. The number of hydrogen-bond donors (Lipinski definition) is 2. The molecule has 0 spiro atoms. The van der Waals surface area contributed by atoms with E-state index in [9.17, 15) is 29.4 Å². The predicted octanol–water partition coefficient (Wildman–Crippen LogP) is 5.76. The van der Waals surface area contributed by atoms with E-state index in [1.807, 2.05) is 20.8 Å². The molecule has 0 aromatic rings. The largest absolute Gasteiger partial charge is 0.452 e. The molecule has 1 amide bonds. The van der Waals surface area contributed by atoms with Crippen molar-refractivity contribution in [2.45, 2.75) is 180 Å². The van der Waals surface area contributed by atoms with Crippen LogP contribution >= 0.6 is 0 Å². The molecule has 3 heterocycles. The van der Waals surface area contributed by atoms with Gasteiger partial charge in [0.15, 0.2) is 20.2 Å². The maximum Gasteiger partial charge on any atom is 0.329 e. The number of hydrogen-bond acceptors (Lipinski definition) is 11. The summed E-state index contributed by atoms with van der Waals surface area (Å²) in [4.78, 5) is 56.8. The number of allylic oxidation sites excluding steroid dienone is 1. The number of aliphatic hydroxyl groups excluding tert-OH is 1. The number of esters is 1. The Bertz CT molecular complexity index is 1350. The van der Waals surface area contributed by atoms with Crippen LogP contribution in [0.4, 0.5) is 0 Å². The van der Waals surface area contributed by atoms with E-state index in [1.165, 1.54) is 14.0 Å². The molecule has 2 fully saturated rings. The van der Waals surface area contributed by atoms with Crippen LogP contribution < -0.4 is 0 Å². The number of carbonyl (C=O) groups is 4. The van der Waals surface area contributed by atoms with Gasteiger partial charge < -0.3 is 38.5 Å². The Labute approximate surface area is 325 Å². The first-order valence-corrected chi connectivity index (χ1v) is 23.0. The normalized spacial score (nSPS) is 38.4. The summed E-state index contributed by atoms with van der Waals surface area (Å²) in [5.74, 6) is -7.49. The minimum Gasteiger partial charge on any atom is -0.452 e. The van der Waals surface area contributed by atoms with Crippen LogP contribution in [0.15, 0.2) is 11.6 Å². The first kappa shape index (κ1) is 46.4. The van der Waals surface area contributed by atoms with Gasteiger partial charge in [-0.3, -0.25) is 14.4 Å². The van der Waals surface area contributed by atoms with Crippen LogP contribution in [-0.2, 0) is 42.6 Å². The molecule has 3 aliphatic heterocycles. The van der Waals surface area contributed by atoms with E-state index in [0.29, 0.717) is 32.1 Å². The Morgan fingerprint density at radius 3 is 2.19 bits per heavy atom. The standard InChI is InChI=1S/C41H71NO11Si/c1-14-29-20-24(2)19-25(3)21-33(49-10)36-34(50-11)22-26(4)41(48,52-36)37(45)38(46)42-18-16-15-17-30(42)39(47)51-35(28(6)43)27(5)32(23-31(29)44)53-54(12,13)40(7,8)9/h20,25-27,29-36,44,48H,14-19,21-23H2,1-13H3/b24-20+/t25-,26+,27+,29+,30-,31+,32-,33-,34-,35-,36+,41+/m0/s1. The van der Waals surface area contributed by atoms with Crippen LogP contribution in [0.3, 0.4) is 0 Å². The van der Waals surface area contributed by atoms with Crippen LogP contribution in [0, 0.1) is 23.7 Å². The molecule has 54 heavy (non-hydrogen) atoms. The van der Waals surface area contributed by atoms with Crippen molar-refractivity contribution >= 4 is 31.8 Å². The highest BCUT2D eigenvalue weighted by molar-refractivity contribution is 6.74. The van der Waals surface area contributed by atoms with Crippen molar-refractivity contribution in [3.05, 3.63) is 11.6 Å². The van der Waals surface area contributed by atoms with E-state index in [4.69, 9.17) is 23.4 Å². The Balaban J connectivity index is 2.16. The summed E-state index contributed by atoms with van der Waals surface area (Å²) >= 11 is 0. The Morgan fingerprint density at radius 1 is 1.02 bits per heavy atom. The number of ketones is 2. The van der Waals surface area contributed by atoms with Gasteiger partial charge in [-0.25, -0.2) is 4.79 Å². The van der Waals surface area contributed by atoms with E-state index < -0.39 is 86.3 Å². The van der Waals surface area contributed by atoms with Gasteiger partial charge in [-0.2, -0.15) is 0 Å². The monoisotopic (exact) mass is 781 g/mol. The van der Waals surface area contributed by atoms with Gasteiger partial charge in [0.1, 0.15) is 12.1 Å². The number of carbonyl (C=O) groups excluding carboxylic acids is 4. The smallest absolute Gasteiger partial charge is 0.329 e. The molecule has 3 rings (SSSR count). The summed E-state index contributed by atoms with van der Waals surface area (Å²) in [6.45, 7) is 21.6. The molecule has 0 saturated carbocycles. The van der Waals surface area contributed by atoms with Crippen LogP contribution in [0.1, 0.15) is 114 Å². The van der Waals surface area contributed by atoms with Crippen LogP contribution in [0.5, 0.6) is 0 Å². The lowest BCUT2D eigenvalue weighted by molar-refractivity contribution is -0.302. The summed E-state index contributed by atoms with van der Waals surface area (Å²) in [6, 6.07) is -1.15. The fourth-order valence-electron chi connectivity index (χ4n) is 8.19. The first-order chi connectivity index (χ1) is 25.0. The highest BCUT2D eigenvalue weighted by atomic mass is 28.4. The van der Waals surface area contributed by atoms with Crippen molar-refractivity contribution in [3.8, 4) is 0 Å². The maximum atomic E-state index is 14.1.